The number of imidazole rings is 1. The van der Waals surface area contributed by atoms with E-state index in [-0.39, 0.29) is 0 Å². The maximum absolute atomic E-state index is 5.63. The van der Waals surface area contributed by atoms with Gasteiger partial charge in [0.1, 0.15) is 17.7 Å². The molecule has 4 nitrogen and oxygen atoms in total. The van der Waals surface area contributed by atoms with E-state index in [2.05, 4.69) is 15.6 Å². The second-order valence-electron chi connectivity index (χ2n) is 4.71. The molecule has 0 saturated heterocycles. The lowest BCUT2D eigenvalue weighted by Crippen LogP contribution is -2.08. The van der Waals surface area contributed by atoms with Gasteiger partial charge in [-0.2, -0.15) is 0 Å². The number of rotatable bonds is 3. The van der Waals surface area contributed by atoms with Crippen LogP contribution in [0.3, 0.4) is 0 Å². The highest BCUT2D eigenvalue weighted by atomic mass is 16.3. The second-order valence-corrected chi connectivity index (χ2v) is 4.71. The molecule has 0 bridgehead atoms. The predicted molar refractivity (Wildman–Crippen MR) is 75.9 cm³/mol. The fourth-order valence-electron chi connectivity index (χ4n) is 2.58. The Morgan fingerprint density at radius 3 is 2.89 bits per heavy atom. The van der Waals surface area contributed by atoms with Gasteiger partial charge >= 0.3 is 0 Å². The van der Waals surface area contributed by atoms with Crippen LogP contribution < -0.4 is 5.73 Å². The topological polar surface area (TPSA) is 57.0 Å². The van der Waals surface area contributed by atoms with E-state index in [9.17, 15) is 0 Å². The molecule has 4 heteroatoms. The molecule has 0 amide bonds. The summed E-state index contributed by atoms with van der Waals surface area (Å²) < 4.78 is 7.73. The number of para-hydroxylation sites is 1. The van der Waals surface area contributed by atoms with Crippen molar-refractivity contribution in [2.75, 3.05) is 6.54 Å². The van der Waals surface area contributed by atoms with Gasteiger partial charge in [0, 0.05) is 24.4 Å². The molecule has 0 spiro atoms. The van der Waals surface area contributed by atoms with E-state index in [1.165, 1.54) is 0 Å². The lowest BCUT2D eigenvalue weighted by molar-refractivity contribution is 0.616. The van der Waals surface area contributed by atoms with Gasteiger partial charge in [0.2, 0.25) is 0 Å². The van der Waals surface area contributed by atoms with Crippen LogP contribution in [0, 0.1) is 6.92 Å². The zero-order valence-electron chi connectivity index (χ0n) is 11.2. The maximum atomic E-state index is 5.63. The van der Waals surface area contributed by atoms with E-state index < -0.39 is 0 Å². The Bertz CT molecular complexity index is 724. The molecule has 1 aromatic carbocycles. The third-order valence-corrected chi connectivity index (χ3v) is 3.47. The van der Waals surface area contributed by atoms with Crippen LogP contribution in [0.1, 0.15) is 11.5 Å². The lowest BCUT2D eigenvalue weighted by atomic mass is 10.1. The highest BCUT2D eigenvalue weighted by Gasteiger charge is 2.16. The third kappa shape index (κ3) is 1.85. The van der Waals surface area contributed by atoms with Gasteiger partial charge in [0.05, 0.1) is 11.4 Å². The van der Waals surface area contributed by atoms with Gasteiger partial charge in [-0.3, -0.25) is 0 Å². The number of nitrogens with two attached hydrogens (primary N) is 1. The Morgan fingerprint density at radius 2 is 2.11 bits per heavy atom. The van der Waals surface area contributed by atoms with Gasteiger partial charge in [-0.15, -0.1) is 0 Å². The van der Waals surface area contributed by atoms with Gasteiger partial charge in [0.15, 0.2) is 0 Å². The highest BCUT2D eigenvalue weighted by Crippen LogP contribution is 2.32. The summed E-state index contributed by atoms with van der Waals surface area (Å²) in [4.78, 5) is 4.60. The van der Waals surface area contributed by atoms with E-state index >= 15 is 0 Å². The monoisotopic (exact) mass is 255 g/mol. The average Bonchev–Trinajstić information content (AvgIpc) is 2.93. The smallest absolute Gasteiger partial charge is 0.134 e. The number of hydrogen-bond acceptors (Lipinski definition) is 3. The van der Waals surface area contributed by atoms with Crippen LogP contribution in [0.15, 0.2) is 34.9 Å². The van der Waals surface area contributed by atoms with Crippen LogP contribution in [0.25, 0.3) is 22.2 Å². The molecule has 3 aromatic rings. The van der Waals surface area contributed by atoms with E-state index in [1.54, 1.807) is 6.26 Å². The van der Waals surface area contributed by atoms with Gasteiger partial charge in [-0.1, -0.05) is 18.2 Å². The quantitative estimate of drug-likeness (QED) is 0.782. The Balaban J connectivity index is 2.21. The van der Waals surface area contributed by atoms with E-state index in [0.29, 0.717) is 6.54 Å². The minimum Gasteiger partial charge on any atom is -0.464 e. The zero-order valence-corrected chi connectivity index (χ0v) is 11.2. The summed E-state index contributed by atoms with van der Waals surface area (Å²) in [5.74, 6) is 1.01. The maximum Gasteiger partial charge on any atom is 0.134 e. The van der Waals surface area contributed by atoms with E-state index in [4.69, 9.17) is 10.2 Å². The molecule has 2 aromatic heterocycles. The van der Waals surface area contributed by atoms with Crippen molar-refractivity contribution < 1.29 is 4.42 Å². The molecule has 0 aliphatic heterocycles. The number of fused-ring (bicyclic) bond motifs is 1. The molecule has 0 radical (unpaired) electrons. The number of nitrogens with zero attached hydrogens (tertiary/aromatic N) is 2. The van der Waals surface area contributed by atoms with Gasteiger partial charge in [-0.05, 0) is 19.5 Å². The molecule has 19 heavy (non-hydrogen) atoms. The van der Waals surface area contributed by atoms with Crippen LogP contribution in [-0.2, 0) is 13.5 Å². The molecule has 0 aliphatic carbocycles. The first-order valence-corrected chi connectivity index (χ1v) is 6.41. The minimum atomic E-state index is 0.607. The van der Waals surface area contributed by atoms with Crippen molar-refractivity contribution in [1.29, 1.82) is 0 Å². The van der Waals surface area contributed by atoms with Crippen LogP contribution in [0.4, 0.5) is 0 Å². The summed E-state index contributed by atoms with van der Waals surface area (Å²) in [6, 6.07) is 8.05. The molecule has 2 heterocycles. The Kier molecular flexibility index (Phi) is 2.87. The summed E-state index contributed by atoms with van der Waals surface area (Å²) in [6.07, 6.45) is 2.59. The van der Waals surface area contributed by atoms with Crippen molar-refractivity contribution in [2.24, 2.45) is 12.8 Å². The Hall–Kier alpha value is -2.07. The summed E-state index contributed by atoms with van der Waals surface area (Å²) in [5.41, 5.74) is 9.73. The second kappa shape index (κ2) is 4.55. The number of benzene rings is 1. The molecule has 3 rings (SSSR count). The van der Waals surface area contributed by atoms with Crippen LogP contribution in [-0.4, -0.2) is 16.1 Å². The molecular weight excluding hydrogens is 238 g/mol. The summed E-state index contributed by atoms with van der Waals surface area (Å²) in [7, 11) is 2.03. The Labute approximate surface area is 111 Å². The number of hydrogen-bond donors (Lipinski definition) is 1. The summed E-state index contributed by atoms with van der Waals surface area (Å²) >= 11 is 0. The third-order valence-electron chi connectivity index (χ3n) is 3.47. The molecule has 98 valence electrons. The molecular formula is C15H17N3O. The fraction of sp³-hybridized carbons (Fsp3) is 0.267. The summed E-state index contributed by atoms with van der Waals surface area (Å²) in [5, 5.41) is 1.12. The van der Waals surface area contributed by atoms with Crippen molar-refractivity contribution in [3.05, 3.63) is 42.0 Å². The SMILES string of the molecule is Cc1nc(CCN)n(C)c1-c1coc2ccccc12. The van der Waals surface area contributed by atoms with E-state index in [0.717, 1.165) is 40.2 Å². The standard InChI is InChI=1S/C15H17N3O/c1-10-15(18(2)14(17-10)7-8-16)12-9-19-13-6-4-3-5-11(12)13/h3-6,9H,7-8,16H2,1-2H3. The van der Waals surface area contributed by atoms with Crippen molar-refractivity contribution in [3.8, 4) is 11.3 Å². The molecule has 0 fully saturated rings. The first-order valence-electron chi connectivity index (χ1n) is 6.41. The Morgan fingerprint density at radius 1 is 1.32 bits per heavy atom. The molecule has 0 saturated carbocycles. The first-order chi connectivity index (χ1) is 9.22. The van der Waals surface area contributed by atoms with Gasteiger partial charge in [0.25, 0.3) is 0 Å². The van der Waals surface area contributed by atoms with Crippen molar-refractivity contribution in [3.63, 3.8) is 0 Å². The lowest BCUT2D eigenvalue weighted by Gasteiger charge is -2.04. The highest BCUT2D eigenvalue weighted by molar-refractivity contribution is 5.93. The van der Waals surface area contributed by atoms with Crippen molar-refractivity contribution in [2.45, 2.75) is 13.3 Å². The number of aromatic nitrogens is 2. The molecule has 0 unspecified atom stereocenters. The predicted octanol–water partition coefficient (Wildman–Crippen LogP) is 2.64. The normalized spacial score (nSPS) is 11.3. The number of furan rings is 1. The first kappa shape index (κ1) is 12.0. The molecule has 0 atom stereocenters. The number of aryl methyl sites for hydroxylation is 1. The zero-order chi connectivity index (χ0) is 13.4. The van der Waals surface area contributed by atoms with Crippen LogP contribution in [0.5, 0.6) is 0 Å². The van der Waals surface area contributed by atoms with Crippen LogP contribution in [0.2, 0.25) is 0 Å². The van der Waals surface area contributed by atoms with Crippen molar-refractivity contribution in [1.82, 2.24) is 9.55 Å². The molecule has 0 aliphatic rings. The van der Waals surface area contributed by atoms with Gasteiger partial charge < -0.3 is 14.7 Å². The van der Waals surface area contributed by atoms with Gasteiger partial charge in [-0.25, -0.2) is 4.98 Å². The summed E-state index contributed by atoms with van der Waals surface area (Å²) in [6.45, 7) is 2.63. The minimum absolute atomic E-state index is 0.607. The molecule has 2 N–H and O–H groups in total. The van der Waals surface area contributed by atoms with Crippen molar-refractivity contribution >= 4 is 11.0 Å². The average molecular weight is 255 g/mol. The van der Waals surface area contributed by atoms with E-state index in [1.807, 2.05) is 32.2 Å². The largest absolute Gasteiger partial charge is 0.464 e. The van der Waals surface area contributed by atoms with Crippen LogP contribution >= 0.6 is 0 Å². The fourth-order valence-corrected chi connectivity index (χ4v) is 2.58.